The van der Waals surface area contributed by atoms with Gasteiger partial charge >= 0.3 is 6.03 Å². The predicted molar refractivity (Wildman–Crippen MR) is 85.7 cm³/mol. The number of benzene rings is 1. The molecule has 1 aromatic heterocycles. The third-order valence-corrected chi connectivity index (χ3v) is 3.27. The van der Waals surface area contributed by atoms with Crippen molar-refractivity contribution in [3.05, 3.63) is 40.7 Å². The van der Waals surface area contributed by atoms with Gasteiger partial charge in [0.15, 0.2) is 11.5 Å². The number of aromatic nitrogens is 2. The number of aryl methyl sites for hydroxylation is 1. The van der Waals surface area contributed by atoms with Gasteiger partial charge in [-0.15, -0.1) is 0 Å². The lowest BCUT2D eigenvalue weighted by Crippen LogP contribution is -2.35. The molecule has 0 fully saturated rings. The van der Waals surface area contributed by atoms with E-state index in [0.717, 1.165) is 0 Å². The third kappa shape index (κ3) is 3.72. The quantitative estimate of drug-likeness (QED) is 0.806. The fourth-order valence-corrected chi connectivity index (χ4v) is 2.32. The molecular formula is C15H13ClN4O4. The summed E-state index contributed by atoms with van der Waals surface area (Å²) in [5.41, 5.74) is 0.848. The van der Waals surface area contributed by atoms with Gasteiger partial charge in [0.05, 0.1) is 0 Å². The Kier molecular flexibility index (Phi) is 4.48. The molecule has 1 aliphatic rings. The number of nitrogens with zero attached hydrogens (tertiary/aromatic N) is 2. The topological polar surface area (TPSA) is 102 Å². The molecule has 0 unspecified atom stereocenters. The molecule has 24 heavy (non-hydrogen) atoms. The molecule has 124 valence electrons. The Balaban J connectivity index is 1.66. The Bertz CT molecular complexity index is 792. The fourth-order valence-electron chi connectivity index (χ4n) is 2.08. The van der Waals surface area contributed by atoms with Gasteiger partial charge in [0.1, 0.15) is 18.4 Å². The molecule has 2 heterocycles. The number of imide groups is 1. The smallest absolute Gasteiger partial charge is 0.328 e. The van der Waals surface area contributed by atoms with Crippen molar-refractivity contribution in [1.82, 2.24) is 15.3 Å². The van der Waals surface area contributed by atoms with Crippen molar-refractivity contribution >= 4 is 29.5 Å². The van der Waals surface area contributed by atoms with Crippen LogP contribution in [0.25, 0.3) is 0 Å². The van der Waals surface area contributed by atoms with Gasteiger partial charge in [-0.25, -0.2) is 14.8 Å². The zero-order valence-electron chi connectivity index (χ0n) is 12.6. The number of amides is 3. The number of rotatable bonds is 2. The second kappa shape index (κ2) is 6.71. The number of ether oxygens (including phenoxy) is 2. The number of carbonyl (C=O) groups is 2. The minimum absolute atomic E-state index is 0.00692. The normalized spacial score (nSPS) is 12.4. The van der Waals surface area contributed by atoms with Crippen LogP contribution in [0.3, 0.4) is 0 Å². The van der Waals surface area contributed by atoms with E-state index < -0.39 is 11.9 Å². The Morgan fingerprint density at radius 1 is 1.12 bits per heavy atom. The molecule has 3 amide bonds. The SMILES string of the molecule is Cc1cc(Cl)nc(NC(=O)NC(=O)c2ccc3c(c2)OCCO3)n1. The molecule has 0 saturated heterocycles. The first-order chi connectivity index (χ1) is 11.5. The van der Waals surface area contributed by atoms with Gasteiger partial charge in [-0.05, 0) is 31.2 Å². The van der Waals surface area contributed by atoms with E-state index in [-0.39, 0.29) is 16.7 Å². The van der Waals surface area contributed by atoms with Gasteiger partial charge in [-0.3, -0.25) is 15.4 Å². The van der Waals surface area contributed by atoms with Crippen molar-refractivity contribution in [2.75, 3.05) is 18.5 Å². The zero-order valence-corrected chi connectivity index (χ0v) is 13.4. The van der Waals surface area contributed by atoms with E-state index in [1.54, 1.807) is 19.1 Å². The number of fused-ring (bicyclic) bond motifs is 1. The standard InChI is InChI=1S/C15H13ClN4O4/c1-8-6-12(16)18-14(17-8)20-15(22)19-13(21)9-2-3-10-11(7-9)24-5-4-23-10/h2-3,6-7H,4-5H2,1H3,(H2,17,18,19,20,21,22). The lowest BCUT2D eigenvalue weighted by molar-refractivity contribution is 0.0966. The first-order valence-electron chi connectivity index (χ1n) is 7.04. The highest BCUT2D eigenvalue weighted by Gasteiger charge is 2.17. The van der Waals surface area contributed by atoms with E-state index >= 15 is 0 Å². The summed E-state index contributed by atoms with van der Waals surface area (Å²) >= 11 is 5.79. The van der Waals surface area contributed by atoms with Gasteiger partial charge in [-0.2, -0.15) is 0 Å². The van der Waals surface area contributed by atoms with E-state index in [2.05, 4.69) is 20.6 Å². The summed E-state index contributed by atoms with van der Waals surface area (Å²) < 4.78 is 10.8. The molecule has 0 bridgehead atoms. The molecule has 3 rings (SSSR count). The molecule has 0 aliphatic carbocycles. The fraction of sp³-hybridized carbons (Fsp3) is 0.200. The highest BCUT2D eigenvalue weighted by Crippen LogP contribution is 2.30. The lowest BCUT2D eigenvalue weighted by atomic mass is 10.2. The van der Waals surface area contributed by atoms with Crippen LogP contribution in [0.2, 0.25) is 5.15 Å². The summed E-state index contributed by atoms with van der Waals surface area (Å²) in [6.07, 6.45) is 0. The average molecular weight is 349 g/mol. The van der Waals surface area contributed by atoms with Crippen molar-refractivity contribution in [2.45, 2.75) is 6.92 Å². The van der Waals surface area contributed by atoms with Gasteiger partial charge in [0.2, 0.25) is 5.95 Å². The van der Waals surface area contributed by atoms with Crippen LogP contribution in [0.5, 0.6) is 11.5 Å². The van der Waals surface area contributed by atoms with E-state index in [0.29, 0.717) is 30.4 Å². The number of halogens is 1. The minimum atomic E-state index is -0.767. The first-order valence-corrected chi connectivity index (χ1v) is 7.42. The van der Waals surface area contributed by atoms with Crippen LogP contribution in [0.15, 0.2) is 24.3 Å². The van der Waals surface area contributed by atoms with Gasteiger partial charge in [0, 0.05) is 11.3 Å². The summed E-state index contributed by atoms with van der Waals surface area (Å²) in [6.45, 7) is 2.57. The van der Waals surface area contributed by atoms with E-state index in [9.17, 15) is 9.59 Å². The summed E-state index contributed by atoms with van der Waals surface area (Å²) in [4.78, 5) is 31.9. The summed E-state index contributed by atoms with van der Waals surface area (Å²) in [5, 5.41) is 4.73. The lowest BCUT2D eigenvalue weighted by Gasteiger charge is -2.18. The molecule has 2 aromatic rings. The van der Waals surface area contributed by atoms with Crippen LogP contribution in [0, 0.1) is 6.92 Å². The second-order valence-electron chi connectivity index (χ2n) is 4.92. The average Bonchev–Trinajstić information content (AvgIpc) is 2.53. The zero-order chi connectivity index (χ0) is 17.1. The van der Waals surface area contributed by atoms with Gasteiger partial charge in [-0.1, -0.05) is 11.6 Å². The monoisotopic (exact) mass is 348 g/mol. The molecule has 0 spiro atoms. The van der Waals surface area contributed by atoms with Crippen LogP contribution in [0.4, 0.5) is 10.7 Å². The van der Waals surface area contributed by atoms with E-state index in [4.69, 9.17) is 21.1 Å². The minimum Gasteiger partial charge on any atom is -0.486 e. The van der Waals surface area contributed by atoms with Gasteiger partial charge < -0.3 is 9.47 Å². The largest absolute Gasteiger partial charge is 0.486 e. The maximum absolute atomic E-state index is 12.1. The highest BCUT2D eigenvalue weighted by atomic mass is 35.5. The Morgan fingerprint density at radius 2 is 1.88 bits per heavy atom. The molecule has 9 heteroatoms. The number of nitrogens with one attached hydrogen (secondary N) is 2. The van der Waals surface area contributed by atoms with Crippen LogP contribution >= 0.6 is 11.6 Å². The summed E-state index contributed by atoms with van der Waals surface area (Å²) in [5.74, 6) is 0.434. The van der Waals surface area contributed by atoms with Crippen LogP contribution in [0.1, 0.15) is 16.1 Å². The molecule has 0 saturated carbocycles. The molecular weight excluding hydrogens is 336 g/mol. The van der Waals surface area contributed by atoms with Crippen LogP contribution in [-0.2, 0) is 0 Å². The molecule has 1 aliphatic heterocycles. The maximum Gasteiger partial charge on any atom is 0.328 e. The van der Waals surface area contributed by atoms with Crippen molar-refractivity contribution < 1.29 is 19.1 Å². The number of carbonyl (C=O) groups excluding carboxylic acids is 2. The van der Waals surface area contributed by atoms with E-state index in [1.807, 2.05) is 0 Å². The summed E-state index contributed by atoms with van der Waals surface area (Å²) in [6, 6.07) is 5.44. The van der Waals surface area contributed by atoms with E-state index in [1.165, 1.54) is 12.1 Å². The number of urea groups is 1. The number of hydrogen-bond donors (Lipinski definition) is 2. The second-order valence-corrected chi connectivity index (χ2v) is 5.31. The van der Waals surface area contributed by atoms with Gasteiger partial charge in [0.25, 0.3) is 5.91 Å². The Labute approximate surface area is 142 Å². The third-order valence-electron chi connectivity index (χ3n) is 3.08. The molecule has 0 atom stereocenters. The summed E-state index contributed by atoms with van der Waals surface area (Å²) in [7, 11) is 0. The Morgan fingerprint density at radius 3 is 2.62 bits per heavy atom. The molecule has 8 nitrogen and oxygen atoms in total. The molecule has 2 N–H and O–H groups in total. The molecule has 0 radical (unpaired) electrons. The van der Waals surface area contributed by atoms with Crippen LogP contribution < -0.4 is 20.1 Å². The van der Waals surface area contributed by atoms with Crippen LogP contribution in [-0.4, -0.2) is 35.1 Å². The molecule has 1 aromatic carbocycles. The van der Waals surface area contributed by atoms with Crippen molar-refractivity contribution in [3.63, 3.8) is 0 Å². The maximum atomic E-state index is 12.1. The first kappa shape index (κ1) is 16.0. The van der Waals surface area contributed by atoms with Crippen molar-refractivity contribution in [3.8, 4) is 11.5 Å². The predicted octanol–water partition coefficient (Wildman–Crippen LogP) is 2.17. The Hall–Kier alpha value is -2.87. The highest BCUT2D eigenvalue weighted by molar-refractivity contribution is 6.29. The number of anilines is 1. The van der Waals surface area contributed by atoms with Crippen molar-refractivity contribution in [1.29, 1.82) is 0 Å². The number of hydrogen-bond acceptors (Lipinski definition) is 6. The van der Waals surface area contributed by atoms with Crippen molar-refractivity contribution in [2.24, 2.45) is 0 Å².